The topological polar surface area (TPSA) is 47.0 Å². The summed E-state index contributed by atoms with van der Waals surface area (Å²) >= 11 is 0. The number of hydrogen-bond acceptors (Lipinski definition) is 4. The third kappa shape index (κ3) is 4.76. The van der Waals surface area contributed by atoms with E-state index < -0.39 is 0 Å². The number of hydrogen-bond donors (Lipinski definition) is 1. The molecule has 5 heteroatoms. The van der Waals surface area contributed by atoms with Gasteiger partial charge in [0.25, 0.3) is 0 Å². The smallest absolute Gasteiger partial charge is 0.230 e. The zero-order valence-corrected chi connectivity index (χ0v) is 14.5. The van der Waals surface area contributed by atoms with Gasteiger partial charge in [-0.1, -0.05) is 18.2 Å². The van der Waals surface area contributed by atoms with Gasteiger partial charge in [0.05, 0.1) is 0 Å². The van der Waals surface area contributed by atoms with Gasteiger partial charge in [0.15, 0.2) is 0 Å². The van der Waals surface area contributed by atoms with Gasteiger partial charge in [0, 0.05) is 17.4 Å². The number of nitrogens with zero attached hydrogens (tertiary/aromatic N) is 2. The van der Waals surface area contributed by atoms with E-state index in [0.29, 0.717) is 11.8 Å². The third-order valence-corrected chi connectivity index (χ3v) is 3.58. The van der Waals surface area contributed by atoms with Crippen LogP contribution in [0.25, 0.3) is 0 Å². The first-order chi connectivity index (χ1) is 12.0. The van der Waals surface area contributed by atoms with Gasteiger partial charge in [-0.3, -0.25) is 0 Å². The molecule has 0 fully saturated rings. The summed E-state index contributed by atoms with van der Waals surface area (Å²) in [6.07, 6.45) is 0. The molecular weight excluding hydrogens is 317 g/mol. The van der Waals surface area contributed by atoms with E-state index in [1.165, 1.54) is 12.1 Å². The van der Waals surface area contributed by atoms with Crippen molar-refractivity contribution in [1.82, 2.24) is 9.97 Å². The van der Waals surface area contributed by atoms with Gasteiger partial charge < -0.3 is 10.1 Å². The zero-order valence-electron chi connectivity index (χ0n) is 14.5. The molecule has 1 N–H and O–H groups in total. The molecule has 0 bridgehead atoms. The highest BCUT2D eigenvalue weighted by atomic mass is 19.1. The molecule has 0 atom stereocenters. The lowest BCUT2D eigenvalue weighted by Gasteiger charge is -2.11. The Morgan fingerprint density at radius 2 is 1.72 bits per heavy atom. The Balaban J connectivity index is 1.75. The Hall–Kier alpha value is -2.95. The van der Waals surface area contributed by atoms with Crippen molar-refractivity contribution < 1.29 is 9.13 Å². The highest BCUT2D eigenvalue weighted by molar-refractivity contribution is 5.56. The zero-order chi connectivity index (χ0) is 17.8. The van der Waals surface area contributed by atoms with Gasteiger partial charge in [0.2, 0.25) is 11.8 Å². The molecule has 0 aliphatic heterocycles. The van der Waals surface area contributed by atoms with Gasteiger partial charge in [-0.25, -0.2) is 9.37 Å². The molecule has 2 aromatic carbocycles. The van der Waals surface area contributed by atoms with Crippen LogP contribution in [0.1, 0.15) is 22.4 Å². The fourth-order valence-corrected chi connectivity index (χ4v) is 2.63. The Kier molecular flexibility index (Phi) is 4.93. The molecule has 0 aliphatic rings. The lowest BCUT2D eigenvalue weighted by Crippen LogP contribution is -2.03. The SMILES string of the molecule is Cc1cc(C)cc(Nc2nc(C)cc(OCc3cccc(F)c3)n2)c1. The number of benzene rings is 2. The number of halogens is 1. The Morgan fingerprint density at radius 1 is 0.960 bits per heavy atom. The van der Waals surface area contributed by atoms with Crippen LogP contribution in [0.4, 0.5) is 16.0 Å². The minimum atomic E-state index is -0.280. The molecule has 0 amide bonds. The molecule has 0 radical (unpaired) electrons. The second-order valence-electron chi connectivity index (χ2n) is 6.09. The third-order valence-electron chi connectivity index (χ3n) is 3.58. The largest absolute Gasteiger partial charge is 0.473 e. The minimum Gasteiger partial charge on any atom is -0.473 e. The van der Waals surface area contributed by atoms with E-state index in [0.717, 1.165) is 28.1 Å². The lowest BCUT2D eigenvalue weighted by molar-refractivity contribution is 0.293. The molecule has 4 nitrogen and oxygen atoms in total. The summed E-state index contributed by atoms with van der Waals surface area (Å²) in [5.41, 5.74) is 4.80. The van der Waals surface area contributed by atoms with E-state index in [-0.39, 0.29) is 12.4 Å². The van der Waals surface area contributed by atoms with Crippen molar-refractivity contribution in [2.45, 2.75) is 27.4 Å². The monoisotopic (exact) mass is 337 g/mol. The molecule has 1 heterocycles. The minimum absolute atomic E-state index is 0.247. The maximum Gasteiger partial charge on any atom is 0.230 e. The van der Waals surface area contributed by atoms with Crippen LogP contribution in [-0.4, -0.2) is 9.97 Å². The summed E-state index contributed by atoms with van der Waals surface area (Å²) in [4.78, 5) is 8.78. The quantitative estimate of drug-likeness (QED) is 0.722. The van der Waals surface area contributed by atoms with Crippen molar-refractivity contribution in [2.75, 3.05) is 5.32 Å². The molecule has 3 aromatic rings. The first-order valence-corrected chi connectivity index (χ1v) is 8.06. The molecule has 25 heavy (non-hydrogen) atoms. The van der Waals surface area contributed by atoms with Crippen molar-refractivity contribution in [3.05, 3.63) is 76.7 Å². The number of nitrogens with one attached hydrogen (secondary N) is 1. The molecule has 0 saturated heterocycles. The van der Waals surface area contributed by atoms with Crippen LogP contribution in [0.5, 0.6) is 5.88 Å². The molecule has 128 valence electrons. The number of aromatic nitrogens is 2. The second kappa shape index (κ2) is 7.30. The van der Waals surface area contributed by atoms with Crippen LogP contribution < -0.4 is 10.1 Å². The van der Waals surface area contributed by atoms with Crippen LogP contribution in [0, 0.1) is 26.6 Å². The summed E-state index contributed by atoms with van der Waals surface area (Å²) in [7, 11) is 0. The van der Waals surface area contributed by atoms with Gasteiger partial charge in [-0.15, -0.1) is 0 Å². The summed E-state index contributed by atoms with van der Waals surface area (Å²) in [6.45, 7) is 6.21. The maximum atomic E-state index is 13.2. The van der Waals surface area contributed by atoms with Crippen LogP contribution in [-0.2, 0) is 6.61 Å². The van der Waals surface area contributed by atoms with Crippen molar-refractivity contribution >= 4 is 11.6 Å². The van der Waals surface area contributed by atoms with Gasteiger partial charge >= 0.3 is 0 Å². The number of aryl methyl sites for hydroxylation is 3. The predicted molar refractivity (Wildman–Crippen MR) is 96.7 cm³/mol. The average molecular weight is 337 g/mol. The molecule has 0 saturated carbocycles. The fourth-order valence-electron chi connectivity index (χ4n) is 2.63. The van der Waals surface area contributed by atoms with Crippen LogP contribution in [0.15, 0.2) is 48.5 Å². The lowest BCUT2D eigenvalue weighted by atomic mass is 10.1. The Labute approximate surface area is 146 Å². The molecule has 0 spiro atoms. The average Bonchev–Trinajstić information content (AvgIpc) is 2.51. The molecule has 1 aromatic heterocycles. The van der Waals surface area contributed by atoms with Gasteiger partial charge in [-0.2, -0.15) is 4.98 Å². The normalized spacial score (nSPS) is 10.6. The van der Waals surface area contributed by atoms with Crippen molar-refractivity contribution in [3.63, 3.8) is 0 Å². The Morgan fingerprint density at radius 3 is 2.44 bits per heavy atom. The fraction of sp³-hybridized carbons (Fsp3) is 0.200. The van der Waals surface area contributed by atoms with Crippen LogP contribution in [0.2, 0.25) is 0 Å². The number of anilines is 2. The number of ether oxygens (including phenoxy) is 1. The molecule has 0 aliphatic carbocycles. The van der Waals surface area contributed by atoms with Crippen LogP contribution in [0.3, 0.4) is 0 Å². The van der Waals surface area contributed by atoms with Crippen molar-refractivity contribution in [2.24, 2.45) is 0 Å². The van der Waals surface area contributed by atoms with E-state index >= 15 is 0 Å². The van der Waals surface area contributed by atoms with Gasteiger partial charge in [-0.05, 0) is 61.7 Å². The van der Waals surface area contributed by atoms with E-state index in [1.807, 2.05) is 39.0 Å². The highest BCUT2D eigenvalue weighted by Crippen LogP contribution is 2.20. The summed E-state index contributed by atoms with van der Waals surface area (Å²) in [5, 5.41) is 3.21. The predicted octanol–water partition coefficient (Wildman–Crippen LogP) is 4.86. The standard InChI is InChI=1S/C20H20FN3O/c1-13-7-14(2)9-18(8-13)23-20-22-15(3)10-19(24-20)25-12-16-5-4-6-17(21)11-16/h4-11H,12H2,1-3H3,(H,22,23,24). The number of rotatable bonds is 5. The summed E-state index contributed by atoms with van der Waals surface area (Å²) in [5.74, 6) is 0.639. The Bertz CT molecular complexity index is 876. The van der Waals surface area contributed by atoms with Gasteiger partial charge in [0.1, 0.15) is 12.4 Å². The van der Waals surface area contributed by atoms with Crippen molar-refractivity contribution in [3.8, 4) is 5.88 Å². The first kappa shape index (κ1) is 16.9. The van der Waals surface area contributed by atoms with E-state index in [4.69, 9.17) is 4.74 Å². The summed E-state index contributed by atoms with van der Waals surface area (Å²) in [6, 6.07) is 14.3. The molecule has 0 unspecified atom stereocenters. The first-order valence-electron chi connectivity index (χ1n) is 8.06. The van der Waals surface area contributed by atoms with E-state index in [1.54, 1.807) is 12.1 Å². The molecular formula is C20H20FN3O. The highest BCUT2D eigenvalue weighted by Gasteiger charge is 2.06. The van der Waals surface area contributed by atoms with E-state index in [2.05, 4.69) is 21.4 Å². The van der Waals surface area contributed by atoms with E-state index in [9.17, 15) is 4.39 Å². The molecule has 3 rings (SSSR count). The second-order valence-corrected chi connectivity index (χ2v) is 6.09. The van der Waals surface area contributed by atoms with Crippen molar-refractivity contribution in [1.29, 1.82) is 0 Å². The maximum absolute atomic E-state index is 13.2. The summed E-state index contributed by atoms with van der Waals surface area (Å²) < 4.78 is 18.9. The van der Waals surface area contributed by atoms with Crippen LogP contribution >= 0.6 is 0 Å².